The minimum atomic E-state index is -0.430. The Morgan fingerprint density at radius 3 is 3.00 bits per heavy atom. The van der Waals surface area contributed by atoms with Crippen LogP contribution in [0.2, 0.25) is 0 Å². The van der Waals surface area contributed by atoms with E-state index in [4.69, 9.17) is 4.74 Å². The number of carbonyl (C=O) groups is 1. The van der Waals surface area contributed by atoms with Crippen LogP contribution in [0.25, 0.3) is 0 Å². The van der Waals surface area contributed by atoms with E-state index < -0.39 is 6.10 Å². The molecule has 1 aliphatic heterocycles. The number of carbonyl (C=O) groups excluding carboxylic acids is 1. The number of benzene rings is 1. The molecule has 2 rings (SSSR count). The quantitative estimate of drug-likeness (QED) is 0.609. The first-order valence-electron chi connectivity index (χ1n) is 5.05. The van der Waals surface area contributed by atoms with Gasteiger partial charge in [0.05, 0.1) is 11.6 Å². The van der Waals surface area contributed by atoms with E-state index in [1.165, 1.54) is 0 Å². The summed E-state index contributed by atoms with van der Waals surface area (Å²) in [6, 6.07) is 5.69. The zero-order valence-electron chi connectivity index (χ0n) is 9.23. The van der Waals surface area contributed by atoms with Gasteiger partial charge in [-0.05, 0) is 25.1 Å². The number of nitrogens with zero attached hydrogens (tertiary/aromatic N) is 1. The lowest BCUT2D eigenvalue weighted by Gasteiger charge is -2.25. The van der Waals surface area contributed by atoms with E-state index in [9.17, 15) is 4.79 Å². The summed E-state index contributed by atoms with van der Waals surface area (Å²) >= 11 is 4.19. The summed E-state index contributed by atoms with van der Waals surface area (Å²) in [4.78, 5) is 13.4. The van der Waals surface area contributed by atoms with E-state index in [1.807, 2.05) is 30.1 Å². The minimum Gasteiger partial charge on any atom is -0.479 e. The summed E-state index contributed by atoms with van der Waals surface area (Å²) in [6.45, 7) is 1.73. The van der Waals surface area contributed by atoms with Crippen LogP contribution in [0.5, 0.6) is 5.75 Å². The van der Waals surface area contributed by atoms with Crippen molar-refractivity contribution in [2.75, 3.05) is 23.1 Å². The van der Waals surface area contributed by atoms with Crippen molar-refractivity contribution in [1.82, 2.24) is 0 Å². The highest BCUT2D eigenvalue weighted by atomic mass is 32.1. The number of nitrogens with one attached hydrogen (secondary N) is 1. The second-order valence-corrected chi connectivity index (χ2v) is 4.05. The average Bonchev–Trinajstić information content (AvgIpc) is 2.29. The lowest BCUT2D eigenvalue weighted by molar-refractivity contribution is -0.122. The average molecular weight is 238 g/mol. The smallest absolute Gasteiger partial charge is 0.265 e. The molecule has 86 valence electrons. The van der Waals surface area contributed by atoms with E-state index in [-0.39, 0.29) is 5.91 Å². The third-order valence-electron chi connectivity index (χ3n) is 2.55. The molecule has 1 amide bonds. The zero-order chi connectivity index (χ0) is 11.7. The molecule has 1 aromatic carbocycles. The number of hydrogen-bond donors (Lipinski definition) is 2. The van der Waals surface area contributed by atoms with Gasteiger partial charge in [-0.25, -0.2) is 0 Å². The predicted molar refractivity (Wildman–Crippen MR) is 67.4 cm³/mol. The third-order valence-corrected chi connectivity index (χ3v) is 2.97. The molecule has 1 aromatic rings. The molecule has 16 heavy (non-hydrogen) atoms. The molecule has 4 nitrogen and oxygen atoms in total. The lowest BCUT2D eigenvalue weighted by Crippen LogP contribution is -2.34. The molecule has 0 saturated heterocycles. The van der Waals surface area contributed by atoms with Crippen LogP contribution in [0.3, 0.4) is 0 Å². The van der Waals surface area contributed by atoms with Crippen molar-refractivity contribution in [3.8, 4) is 5.75 Å². The SMILES string of the molecule is CC1Oc2ccc(N(C)CS)cc2NC1=O. The highest BCUT2D eigenvalue weighted by Gasteiger charge is 2.23. The first-order valence-corrected chi connectivity index (χ1v) is 5.68. The van der Waals surface area contributed by atoms with Gasteiger partial charge in [-0.3, -0.25) is 4.79 Å². The Labute approximate surface area is 100.0 Å². The number of thiol groups is 1. The summed E-state index contributed by atoms with van der Waals surface area (Å²) in [5.41, 5.74) is 1.71. The maximum absolute atomic E-state index is 11.4. The van der Waals surface area contributed by atoms with Crippen LogP contribution < -0.4 is 15.0 Å². The molecule has 1 aliphatic rings. The fraction of sp³-hybridized carbons (Fsp3) is 0.364. The third kappa shape index (κ3) is 1.95. The molecule has 0 saturated carbocycles. The van der Waals surface area contributed by atoms with Gasteiger partial charge in [-0.1, -0.05) is 0 Å². The number of amides is 1. The number of rotatable bonds is 2. The second kappa shape index (κ2) is 4.25. The van der Waals surface area contributed by atoms with Crippen LogP contribution in [0.4, 0.5) is 11.4 Å². The molecular formula is C11H14N2O2S. The largest absolute Gasteiger partial charge is 0.479 e. The first kappa shape index (κ1) is 11.1. The molecule has 0 spiro atoms. The molecular weight excluding hydrogens is 224 g/mol. The maximum atomic E-state index is 11.4. The molecule has 0 aliphatic carbocycles. The van der Waals surface area contributed by atoms with Gasteiger partial charge >= 0.3 is 0 Å². The van der Waals surface area contributed by atoms with Crippen molar-refractivity contribution in [2.45, 2.75) is 13.0 Å². The van der Waals surface area contributed by atoms with Gasteiger partial charge in [0, 0.05) is 12.7 Å². The van der Waals surface area contributed by atoms with Crippen LogP contribution in [0.15, 0.2) is 18.2 Å². The van der Waals surface area contributed by atoms with Gasteiger partial charge in [-0.15, -0.1) is 0 Å². The number of hydrogen-bond acceptors (Lipinski definition) is 4. The standard InChI is InChI=1S/C11H14N2O2S/c1-7-11(14)12-9-5-8(13(2)6-16)3-4-10(9)15-7/h3-5,7,16H,6H2,1-2H3,(H,12,14). The highest BCUT2D eigenvalue weighted by Crippen LogP contribution is 2.33. The number of anilines is 2. The molecule has 0 bridgehead atoms. The predicted octanol–water partition coefficient (Wildman–Crippen LogP) is 1.73. The fourth-order valence-corrected chi connectivity index (χ4v) is 1.68. The van der Waals surface area contributed by atoms with Gasteiger partial charge in [-0.2, -0.15) is 12.6 Å². The first-order chi connectivity index (χ1) is 7.61. The molecule has 1 heterocycles. The summed E-state index contributed by atoms with van der Waals surface area (Å²) in [5.74, 6) is 1.21. The summed E-state index contributed by atoms with van der Waals surface area (Å²) in [7, 11) is 1.93. The van der Waals surface area contributed by atoms with Gasteiger partial charge in [0.1, 0.15) is 5.75 Å². The molecule has 0 aromatic heterocycles. The molecule has 1 N–H and O–H groups in total. The fourth-order valence-electron chi connectivity index (χ4n) is 1.52. The van der Waals surface area contributed by atoms with Crippen molar-refractivity contribution >= 4 is 29.9 Å². The van der Waals surface area contributed by atoms with Crippen molar-refractivity contribution in [2.24, 2.45) is 0 Å². The number of fused-ring (bicyclic) bond motifs is 1. The lowest BCUT2D eigenvalue weighted by atomic mass is 10.2. The maximum Gasteiger partial charge on any atom is 0.265 e. The molecule has 1 unspecified atom stereocenters. The Morgan fingerprint density at radius 1 is 1.56 bits per heavy atom. The van der Waals surface area contributed by atoms with Crippen molar-refractivity contribution in [3.63, 3.8) is 0 Å². The Hall–Kier alpha value is -1.36. The molecule has 5 heteroatoms. The van der Waals surface area contributed by atoms with Crippen LogP contribution in [-0.4, -0.2) is 24.9 Å². The Bertz CT molecular complexity index is 422. The Morgan fingerprint density at radius 2 is 2.31 bits per heavy atom. The Balaban J connectivity index is 2.32. The summed E-state index contributed by atoms with van der Waals surface area (Å²) in [6.07, 6.45) is -0.430. The van der Waals surface area contributed by atoms with E-state index in [0.717, 1.165) is 5.69 Å². The second-order valence-electron chi connectivity index (χ2n) is 3.77. The van der Waals surface area contributed by atoms with Gasteiger partial charge in [0.15, 0.2) is 6.10 Å². The molecule has 0 radical (unpaired) electrons. The molecule has 1 atom stereocenters. The van der Waals surface area contributed by atoms with Crippen molar-refractivity contribution in [3.05, 3.63) is 18.2 Å². The highest BCUT2D eigenvalue weighted by molar-refractivity contribution is 7.80. The zero-order valence-corrected chi connectivity index (χ0v) is 10.1. The summed E-state index contributed by atoms with van der Waals surface area (Å²) in [5, 5.41) is 2.81. The van der Waals surface area contributed by atoms with Gasteiger partial charge < -0.3 is 15.0 Å². The normalized spacial score (nSPS) is 18.4. The van der Waals surface area contributed by atoms with Gasteiger partial charge in [0.2, 0.25) is 0 Å². The van der Waals surface area contributed by atoms with Crippen LogP contribution in [0.1, 0.15) is 6.92 Å². The molecule has 0 fully saturated rings. The monoisotopic (exact) mass is 238 g/mol. The minimum absolute atomic E-state index is 0.113. The van der Waals surface area contributed by atoms with E-state index in [1.54, 1.807) is 6.92 Å². The summed E-state index contributed by atoms with van der Waals surface area (Å²) < 4.78 is 5.46. The van der Waals surface area contributed by atoms with E-state index in [0.29, 0.717) is 17.3 Å². The van der Waals surface area contributed by atoms with Crippen LogP contribution in [0, 0.1) is 0 Å². The van der Waals surface area contributed by atoms with Crippen LogP contribution >= 0.6 is 12.6 Å². The van der Waals surface area contributed by atoms with Crippen molar-refractivity contribution in [1.29, 1.82) is 0 Å². The van der Waals surface area contributed by atoms with Crippen LogP contribution in [-0.2, 0) is 4.79 Å². The number of ether oxygens (including phenoxy) is 1. The van der Waals surface area contributed by atoms with E-state index >= 15 is 0 Å². The van der Waals surface area contributed by atoms with E-state index in [2.05, 4.69) is 17.9 Å². The van der Waals surface area contributed by atoms with Crippen molar-refractivity contribution < 1.29 is 9.53 Å². The van der Waals surface area contributed by atoms with Gasteiger partial charge in [0.25, 0.3) is 5.91 Å². The Kier molecular flexibility index (Phi) is 2.96. The topological polar surface area (TPSA) is 41.6 Å².